The summed E-state index contributed by atoms with van der Waals surface area (Å²) < 4.78 is 15.6. The molecule has 0 spiro atoms. The lowest BCUT2D eigenvalue weighted by atomic mass is 10.0. The van der Waals surface area contributed by atoms with Gasteiger partial charge in [0.15, 0.2) is 0 Å². The van der Waals surface area contributed by atoms with Crippen molar-refractivity contribution in [1.82, 2.24) is 10.2 Å². The second-order valence-corrected chi connectivity index (χ2v) is 4.82. The van der Waals surface area contributed by atoms with Crippen molar-refractivity contribution < 1.29 is 19.0 Å². The average molecular weight is 294 g/mol. The summed E-state index contributed by atoms with van der Waals surface area (Å²) in [5.41, 5.74) is 0.798. The van der Waals surface area contributed by atoms with Gasteiger partial charge in [0.1, 0.15) is 17.5 Å². The van der Waals surface area contributed by atoms with Gasteiger partial charge >= 0.3 is 5.97 Å². The molecule has 0 aliphatic carbocycles. The third-order valence-corrected chi connectivity index (χ3v) is 3.68. The molecule has 1 aliphatic heterocycles. The number of hydrogen-bond acceptors (Lipinski definition) is 6. The Morgan fingerprint density at radius 2 is 1.90 bits per heavy atom. The van der Waals surface area contributed by atoms with E-state index >= 15 is 0 Å². The highest BCUT2D eigenvalue weighted by atomic mass is 16.5. The Balaban J connectivity index is 2.37. The molecular formula is C15H22N2O4. The smallest absolute Gasteiger partial charge is 0.327 e. The molecule has 0 amide bonds. The van der Waals surface area contributed by atoms with Crippen LogP contribution >= 0.6 is 0 Å². The number of methoxy groups -OCH3 is 3. The molecule has 1 fully saturated rings. The van der Waals surface area contributed by atoms with Crippen molar-refractivity contribution >= 4 is 5.97 Å². The van der Waals surface area contributed by atoms with E-state index in [1.807, 2.05) is 12.1 Å². The molecule has 1 aromatic carbocycles. The number of esters is 1. The lowest BCUT2D eigenvalue weighted by Crippen LogP contribution is -2.47. The molecule has 0 saturated carbocycles. The van der Waals surface area contributed by atoms with Gasteiger partial charge in [-0.25, -0.2) is 4.79 Å². The van der Waals surface area contributed by atoms with Crippen LogP contribution in [-0.4, -0.2) is 58.4 Å². The van der Waals surface area contributed by atoms with Gasteiger partial charge in [0.25, 0.3) is 0 Å². The fourth-order valence-electron chi connectivity index (χ4n) is 2.57. The normalized spacial score (nSPS) is 17.1. The van der Waals surface area contributed by atoms with Crippen molar-refractivity contribution in [3.63, 3.8) is 0 Å². The van der Waals surface area contributed by atoms with Gasteiger partial charge in [0.2, 0.25) is 0 Å². The fourth-order valence-corrected chi connectivity index (χ4v) is 2.57. The Labute approximate surface area is 125 Å². The number of hydrogen-bond donors (Lipinski definition) is 1. The summed E-state index contributed by atoms with van der Waals surface area (Å²) in [4.78, 5) is 14.4. The lowest BCUT2D eigenvalue weighted by molar-refractivity contribution is -0.147. The van der Waals surface area contributed by atoms with Crippen molar-refractivity contribution in [3.05, 3.63) is 23.8 Å². The highest BCUT2D eigenvalue weighted by molar-refractivity contribution is 5.78. The molecule has 1 heterocycles. The van der Waals surface area contributed by atoms with E-state index in [-0.39, 0.29) is 5.97 Å². The highest BCUT2D eigenvalue weighted by Crippen LogP contribution is 2.33. The first-order valence-corrected chi connectivity index (χ1v) is 6.95. The molecule has 6 nitrogen and oxygen atoms in total. The number of ether oxygens (including phenoxy) is 3. The summed E-state index contributed by atoms with van der Waals surface area (Å²) in [5.74, 6) is 1.04. The summed E-state index contributed by atoms with van der Waals surface area (Å²) in [5, 5.41) is 3.28. The number of carbonyl (C=O) groups excluding carboxylic acids is 1. The lowest BCUT2D eigenvalue weighted by Gasteiger charge is -2.33. The summed E-state index contributed by atoms with van der Waals surface area (Å²) in [7, 11) is 4.60. The van der Waals surface area contributed by atoms with Crippen LogP contribution in [0.2, 0.25) is 0 Å². The van der Waals surface area contributed by atoms with Crippen LogP contribution < -0.4 is 14.8 Å². The van der Waals surface area contributed by atoms with Gasteiger partial charge in [-0.3, -0.25) is 4.90 Å². The number of piperazine rings is 1. The summed E-state index contributed by atoms with van der Waals surface area (Å²) in [6.45, 7) is 3.28. The minimum Gasteiger partial charge on any atom is -0.497 e. The summed E-state index contributed by atoms with van der Waals surface area (Å²) >= 11 is 0. The first-order chi connectivity index (χ1) is 10.2. The largest absolute Gasteiger partial charge is 0.497 e. The Bertz CT molecular complexity index is 487. The van der Waals surface area contributed by atoms with Crippen molar-refractivity contribution in [2.45, 2.75) is 6.04 Å². The predicted octanol–water partition coefficient (Wildman–Crippen LogP) is 0.823. The van der Waals surface area contributed by atoms with Crippen LogP contribution in [0.4, 0.5) is 0 Å². The molecule has 116 valence electrons. The Hall–Kier alpha value is -1.79. The second kappa shape index (κ2) is 7.28. The third kappa shape index (κ3) is 3.46. The molecule has 1 unspecified atom stereocenters. The fraction of sp³-hybridized carbons (Fsp3) is 0.533. The Kier molecular flexibility index (Phi) is 5.41. The minimum absolute atomic E-state index is 0.277. The Morgan fingerprint density at radius 3 is 2.48 bits per heavy atom. The molecule has 6 heteroatoms. The summed E-state index contributed by atoms with van der Waals surface area (Å²) in [6, 6.07) is 5.02. The number of nitrogens with one attached hydrogen (secondary N) is 1. The predicted molar refractivity (Wildman–Crippen MR) is 78.7 cm³/mol. The molecule has 0 bridgehead atoms. The van der Waals surface area contributed by atoms with Crippen LogP contribution in [-0.2, 0) is 9.53 Å². The van der Waals surface area contributed by atoms with Gasteiger partial charge in [-0.05, 0) is 12.1 Å². The second-order valence-electron chi connectivity index (χ2n) is 4.82. The maximum Gasteiger partial charge on any atom is 0.327 e. The molecule has 1 atom stereocenters. The molecule has 1 saturated heterocycles. The zero-order valence-corrected chi connectivity index (χ0v) is 12.7. The van der Waals surface area contributed by atoms with Gasteiger partial charge in [0.05, 0.1) is 21.3 Å². The number of benzene rings is 1. The molecule has 1 N–H and O–H groups in total. The molecule has 1 aromatic rings. The van der Waals surface area contributed by atoms with E-state index in [1.54, 1.807) is 20.3 Å². The first-order valence-electron chi connectivity index (χ1n) is 6.95. The topological polar surface area (TPSA) is 60.0 Å². The van der Waals surface area contributed by atoms with Gasteiger partial charge in [-0.1, -0.05) is 0 Å². The number of rotatable bonds is 5. The first kappa shape index (κ1) is 15.6. The zero-order chi connectivity index (χ0) is 15.2. The molecule has 2 rings (SSSR count). The molecule has 21 heavy (non-hydrogen) atoms. The van der Waals surface area contributed by atoms with Gasteiger partial charge in [0, 0.05) is 37.8 Å². The van der Waals surface area contributed by atoms with E-state index in [2.05, 4.69) is 10.2 Å². The minimum atomic E-state index is -0.460. The number of carbonyl (C=O) groups is 1. The van der Waals surface area contributed by atoms with Crippen LogP contribution in [0.5, 0.6) is 11.5 Å². The Morgan fingerprint density at radius 1 is 1.19 bits per heavy atom. The van der Waals surface area contributed by atoms with E-state index in [4.69, 9.17) is 14.2 Å². The molecule has 0 aromatic heterocycles. The van der Waals surface area contributed by atoms with E-state index in [9.17, 15) is 4.79 Å². The van der Waals surface area contributed by atoms with Crippen LogP contribution in [0.1, 0.15) is 11.6 Å². The number of nitrogens with zero attached hydrogens (tertiary/aromatic N) is 1. The molecule has 1 aliphatic rings. The van der Waals surface area contributed by atoms with Crippen LogP contribution in [0.15, 0.2) is 18.2 Å². The zero-order valence-electron chi connectivity index (χ0n) is 12.7. The van der Waals surface area contributed by atoms with Crippen LogP contribution in [0, 0.1) is 0 Å². The highest BCUT2D eigenvalue weighted by Gasteiger charge is 2.32. The third-order valence-electron chi connectivity index (χ3n) is 3.68. The van der Waals surface area contributed by atoms with Crippen molar-refractivity contribution in [2.75, 3.05) is 47.5 Å². The summed E-state index contributed by atoms with van der Waals surface area (Å²) in [6.07, 6.45) is 0. The van der Waals surface area contributed by atoms with Crippen molar-refractivity contribution in [2.24, 2.45) is 0 Å². The van der Waals surface area contributed by atoms with E-state index in [1.165, 1.54) is 7.11 Å². The van der Waals surface area contributed by atoms with E-state index in [0.717, 1.165) is 31.7 Å². The quantitative estimate of drug-likeness (QED) is 0.812. The SMILES string of the molecule is COC(=O)C(c1ccc(OC)cc1OC)N1CCNCC1. The van der Waals surface area contributed by atoms with E-state index < -0.39 is 6.04 Å². The standard InChI is InChI=1S/C15H22N2O4/c1-19-11-4-5-12(13(10-11)20-2)14(15(18)21-3)17-8-6-16-7-9-17/h4-5,10,14,16H,6-9H2,1-3H3. The van der Waals surface area contributed by atoms with Crippen molar-refractivity contribution in [3.8, 4) is 11.5 Å². The molecule has 0 radical (unpaired) electrons. The maximum absolute atomic E-state index is 12.3. The monoisotopic (exact) mass is 294 g/mol. The van der Waals surface area contributed by atoms with Gasteiger partial charge in [-0.2, -0.15) is 0 Å². The van der Waals surface area contributed by atoms with Crippen LogP contribution in [0.3, 0.4) is 0 Å². The van der Waals surface area contributed by atoms with Crippen molar-refractivity contribution in [1.29, 1.82) is 0 Å². The average Bonchev–Trinajstić information content (AvgIpc) is 2.56. The van der Waals surface area contributed by atoms with E-state index in [0.29, 0.717) is 11.5 Å². The van der Waals surface area contributed by atoms with Crippen LogP contribution in [0.25, 0.3) is 0 Å². The maximum atomic E-state index is 12.3. The molecular weight excluding hydrogens is 272 g/mol. The van der Waals surface area contributed by atoms with Gasteiger partial charge in [-0.15, -0.1) is 0 Å². The van der Waals surface area contributed by atoms with Gasteiger partial charge < -0.3 is 19.5 Å².